The van der Waals surface area contributed by atoms with Gasteiger partial charge in [0, 0.05) is 35.1 Å². The van der Waals surface area contributed by atoms with Gasteiger partial charge in [0.2, 0.25) is 17.7 Å². The summed E-state index contributed by atoms with van der Waals surface area (Å²) < 4.78 is 78.9. The van der Waals surface area contributed by atoms with Crippen LogP contribution in [0.5, 0.6) is 5.88 Å². The summed E-state index contributed by atoms with van der Waals surface area (Å²) in [6.45, 7) is 16.9. The second kappa shape index (κ2) is 22.8. The molecule has 3 aromatic rings. The van der Waals surface area contributed by atoms with Crippen molar-refractivity contribution >= 4 is 56.2 Å². The lowest BCUT2D eigenvalue weighted by atomic mass is 10.1. The van der Waals surface area contributed by atoms with Crippen molar-refractivity contribution in [3.63, 3.8) is 0 Å². The Morgan fingerprint density at radius 3 is 2.35 bits per heavy atom. The molecule has 5 rings (SSSR count). The molecule has 0 spiro atoms. The molecule has 1 aliphatic carbocycles. The number of imidazole rings is 1. The maximum atomic E-state index is 15.2. The number of ether oxygens (including phenoxy) is 2. The highest BCUT2D eigenvalue weighted by molar-refractivity contribution is 7.48. The first kappa shape index (κ1) is 53.5. The Morgan fingerprint density at radius 2 is 1.77 bits per heavy atom. The number of aliphatic hydroxyl groups excluding tert-OH is 1. The Balaban J connectivity index is 1.62. The number of aromatic amines is 1. The van der Waals surface area contributed by atoms with Crippen LogP contribution in [0.15, 0.2) is 29.7 Å². The van der Waals surface area contributed by atoms with Crippen LogP contribution >= 0.6 is 16.1 Å². The topological polar surface area (TPSA) is 311 Å². The third-order valence-corrected chi connectivity index (χ3v) is 23.3. The molecular weight excluding hydrogens is 939 g/mol. The minimum absolute atomic E-state index is 0.0949. The maximum absolute atomic E-state index is 15.2. The quantitative estimate of drug-likeness (QED) is 0.0411. The van der Waals surface area contributed by atoms with Crippen LogP contribution in [0.1, 0.15) is 94.7 Å². The van der Waals surface area contributed by atoms with Gasteiger partial charge in [0.05, 0.1) is 38.6 Å². The van der Waals surface area contributed by atoms with Gasteiger partial charge in [-0.15, -0.1) is 9.42 Å². The van der Waals surface area contributed by atoms with Gasteiger partial charge in [-0.2, -0.15) is 10.2 Å². The molecule has 1 aliphatic heterocycles. The number of H-pyrrole nitrogens is 1. The number of hydrogen-bond donors (Lipinski definition) is 5. The molecule has 0 bridgehead atoms. The molecule has 66 heavy (non-hydrogen) atoms. The molecule has 3 aromatic heterocycles. The number of nitrogens with zero attached hydrogens (tertiary/aromatic N) is 6. The van der Waals surface area contributed by atoms with Crippen LogP contribution in [0.3, 0.4) is 0 Å². The number of aromatic nitrogens is 6. The van der Waals surface area contributed by atoms with E-state index in [0.717, 1.165) is 0 Å². The molecule has 1 amide bonds. The van der Waals surface area contributed by atoms with E-state index in [4.69, 9.17) is 36.1 Å². The summed E-state index contributed by atoms with van der Waals surface area (Å²) in [4.78, 5) is 67.4. The predicted molar refractivity (Wildman–Crippen MR) is 241 cm³/mol. The smallest absolute Gasteiger partial charge is 0.474 e. The molecule has 0 aromatic carbocycles. The Hall–Kier alpha value is -3.45. The number of carbonyl (C=O) groups excluding carboxylic acids is 1. The normalized spacial score (nSPS) is 23.9. The summed E-state index contributed by atoms with van der Waals surface area (Å²) in [7, 11) is -15.3. The standard InChI is InChI=1S/C39H62N8O15P2Si2/c1-22(2)36(49)45-39-44-35-32(37(50)46-39)43-21-47(35)38-34(33(30(18-48)58-38)61-66(25(7)8,26(9)10)62-65(54,23(3)4)24(5)6)60-64(53,55-15-11-13-40)56-19-27-16-28(17-29(27)59-63(51)52)57-31-12-14-41-20-42-31/h12,14,20-30,33-34,38,48,54H,11,15-19H2,1-10H3,(H2-,44,45,46,49,50,51,52)/p+1/t27-,28-,29+,30-,33-,34-,38-,64?/m0/s1. The molecule has 1 saturated heterocycles. The molecule has 2 unspecified atom stereocenters. The van der Waals surface area contributed by atoms with Crippen LogP contribution in [0.4, 0.5) is 5.95 Å². The summed E-state index contributed by atoms with van der Waals surface area (Å²) in [5.41, 5.74) is -2.18. The predicted octanol–water partition coefficient (Wildman–Crippen LogP) is 5.64. The Morgan fingerprint density at radius 1 is 1.08 bits per heavy atom. The van der Waals surface area contributed by atoms with E-state index in [2.05, 4.69) is 30.2 Å². The number of phosphoric acid groups is 1. The van der Waals surface area contributed by atoms with Crippen molar-refractivity contribution < 1.29 is 64.8 Å². The maximum Gasteiger partial charge on any atom is 0.695 e. The molecule has 23 nitrogen and oxygen atoms in total. The van der Waals surface area contributed by atoms with Gasteiger partial charge in [-0.1, -0.05) is 69.2 Å². The zero-order valence-electron chi connectivity index (χ0n) is 38.8. The third-order valence-electron chi connectivity index (χ3n) is 11.7. The first-order valence-electron chi connectivity index (χ1n) is 21.9. The molecule has 2 fully saturated rings. The Labute approximate surface area is 386 Å². The van der Waals surface area contributed by atoms with Gasteiger partial charge in [-0.25, -0.2) is 19.5 Å². The van der Waals surface area contributed by atoms with Crippen LogP contribution in [0.25, 0.3) is 11.2 Å². The van der Waals surface area contributed by atoms with Gasteiger partial charge in [0.1, 0.15) is 36.8 Å². The van der Waals surface area contributed by atoms with Crippen LogP contribution in [0.2, 0.25) is 22.2 Å². The number of hydrogen-bond acceptors (Lipinski definition) is 19. The average molecular weight is 1000 g/mol. The van der Waals surface area contributed by atoms with Crippen molar-refractivity contribution in [3.8, 4) is 11.9 Å². The minimum Gasteiger partial charge on any atom is -0.474 e. The number of rotatable bonds is 24. The van der Waals surface area contributed by atoms with Crippen molar-refractivity contribution in [1.82, 2.24) is 29.5 Å². The van der Waals surface area contributed by atoms with E-state index < -0.39 is 113 Å². The van der Waals surface area contributed by atoms with Gasteiger partial charge in [0.25, 0.3) is 5.56 Å². The molecule has 1 saturated carbocycles. The fourth-order valence-electron chi connectivity index (χ4n) is 8.05. The van der Waals surface area contributed by atoms with Crippen molar-refractivity contribution in [3.05, 3.63) is 35.3 Å². The van der Waals surface area contributed by atoms with Crippen molar-refractivity contribution in [2.45, 2.75) is 147 Å². The number of nitriles is 1. The highest BCUT2D eigenvalue weighted by atomic mass is 31.2. The van der Waals surface area contributed by atoms with E-state index in [1.54, 1.807) is 19.9 Å². The van der Waals surface area contributed by atoms with Crippen molar-refractivity contribution in [1.29, 1.82) is 5.26 Å². The fraction of sp³-hybridized carbons (Fsp3) is 0.718. The molecule has 0 radical (unpaired) electrons. The summed E-state index contributed by atoms with van der Waals surface area (Å²) in [5, 5.41) is 23.1. The number of fused-ring (bicyclic) bond motifs is 1. The van der Waals surface area contributed by atoms with Gasteiger partial charge in [-0.3, -0.25) is 38.0 Å². The van der Waals surface area contributed by atoms with E-state index in [1.807, 2.05) is 61.5 Å². The van der Waals surface area contributed by atoms with Gasteiger partial charge >= 0.3 is 33.2 Å². The third kappa shape index (κ3) is 12.4. The average Bonchev–Trinajstić information content (AvgIpc) is 3.94. The number of aliphatic hydroxyl groups is 1. The summed E-state index contributed by atoms with van der Waals surface area (Å²) >= 11 is 0. The molecular formula is C39H63N8O15P2Si2+. The zero-order chi connectivity index (χ0) is 48.7. The number of amides is 1. The Kier molecular flexibility index (Phi) is 18.5. The second-order valence-corrected chi connectivity index (χ2v) is 28.8. The van der Waals surface area contributed by atoms with E-state index >= 15 is 4.57 Å². The molecule has 9 atom stereocenters. The Bertz CT molecular complexity index is 2250. The largest absolute Gasteiger partial charge is 0.695 e. The molecule has 2 aliphatic rings. The molecule has 5 N–H and O–H groups in total. The van der Waals surface area contributed by atoms with Crippen molar-refractivity contribution in [2.75, 3.05) is 25.1 Å². The monoisotopic (exact) mass is 1000 g/mol. The molecule has 366 valence electrons. The van der Waals surface area contributed by atoms with Gasteiger partial charge in [-0.05, 0) is 28.6 Å². The first-order chi connectivity index (χ1) is 31.1. The molecule has 27 heteroatoms. The minimum atomic E-state index is -4.90. The number of phosphoric ester groups is 1. The van der Waals surface area contributed by atoms with E-state index in [1.165, 1.54) is 23.4 Å². The first-order valence-corrected chi connectivity index (χ1v) is 28.5. The van der Waals surface area contributed by atoms with Crippen LogP contribution in [-0.4, -0.2) is 118 Å². The van der Waals surface area contributed by atoms with Crippen LogP contribution in [0, 0.1) is 23.2 Å². The van der Waals surface area contributed by atoms with Gasteiger partial charge in [0.15, 0.2) is 17.4 Å². The van der Waals surface area contributed by atoms with Gasteiger partial charge < -0.3 is 27.9 Å². The second-order valence-electron chi connectivity index (χ2n) is 17.9. The fourth-order valence-corrected chi connectivity index (χ4v) is 19.9. The number of anilines is 1. The number of nitrogens with one attached hydrogen (secondary N) is 2. The van der Waals surface area contributed by atoms with Crippen molar-refractivity contribution in [2.24, 2.45) is 11.8 Å². The van der Waals surface area contributed by atoms with Crippen LogP contribution in [-0.2, 0) is 45.3 Å². The van der Waals surface area contributed by atoms with E-state index in [9.17, 15) is 34.2 Å². The molecule has 4 heterocycles. The zero-order valence-corrected chi connectivity index (χ0v) is 42.6. The SMILES string of the molecule is CC(C)C(=O)Nc1nc2c(ncn2[C@H]2O[C@@H](CO)[C@H](O[Si](O[Si](O)(C(C)C)C(C)C)(C(C)C)C(C)C)[C@@H]2OP(=O)(OCCC#N)OC[C@@H]2C[C@H](Oc3ccncn3)C[C@H]2O[P+](=O)O)c(=O)[nH]1. The summed E-state index contributed by atoms with van der Waals surface area (Å²) in [6, 6.07) is 3.48. The lowest BCUT2D eigenvalue weighted by Gasteiger charge is -2.47. The highest BCUT2D eigenvalue weighted by Crippen LogP contribution is 2.56. The lowest BCUT2D eigenvalue weighted by molar-refractivity contribution is -0.118. The highest BCUT2D eigenvalue weighted by Gasteiger charge is 2.60. The van der Waals surface area contributed by atoms with E-state index in [-0.39, 0.29) is 64.4 Å². The lowest BCUT2D eigenvalue weighted by Crippen LogP contribution is -2.62. The summed E-state index contributed by atoms with van der Waals surface area (Å²) in [6.07, 6.45) is -3.03. The van der Waals surface area contributed by atoms with Crippen LogP contribution < -0.4 is 15.6 Å². The number of carbonyl (C=O) groups is 1. The van der Waals surface area contributed by atoms with E-state index in [0.29, 0.717) is 0 Å². The summed E-state index contributed by atoms with van der Waals surface area (Å²) in [5.74, 6) is -1.58.